The zero-order valence-electron chi connectivity index (χ0n) is 13.8. The normalized spacial score (nSPS) is 17.5. The number of likely N-dealkylation sites (tertiary alicyclic amines) is 1. The number of nitrogens with one attached hydrogen (secondary N) is 1. The van der Waals surface area contributed by atoms with Crippen LogP contribution in [0.25, 0.3) is 0 Å². The van der Waals surface area contributed by atoms with E-state index in [4.69, 9.17) is 4.74 Å². The van der Waals surface area contributed by atoms with E-state index in [1.54, 1.807) is 19.4 Å². The molecule has 1 N–H and O–H groups in total. The van der Waals surface area contributed by atoms with Gasteiger partial charge in [0.25, 0.3) is 5.91 Å². The molecular formula is C18H19F2N3O2. The van der Waals surface area contributed by atoms with Crippen molar-refractivity contribution in [2.24, 2.45) is 0 Å². The molecule has 0 spiro atoms. The molecular weight excluding hydrogens is 328 g/mol. The standard InChI is InChI=1S/C18H19F2N3O2/c1-25-16-6-5-12(9-21-16)10-23-8-7-13(11-23)22-18(24)17-14(19)3-2-4-15(17)20/h2-6,9,13H,7-8,10-11H2,1H3,(H,22,24)/t13-/m1/s1. The number of aromatic nitrogens is 1. The van der Waals surface area contributed by atoms with Crippen molar-refractivity contribution in [1.82, 2.24) is 15.2 Å². The predicted octanol–water partition coefficient (Wildman–Crippen LogP) is 2.37. The Labute approximate surface area is 144 Å². The van der Waals surface area contributed by atoms with Crippen molar-refractivity contribution in [3.05, 3.63) is 59.3 Å². The minimum atomic E-state index is -0.850. The smallest absolute Gasteiger partial charge is 0.257 e. The Balaban J connectivity index is 1.56. The van der Waals surface area contributed by atoms with Crippen LogP contribution in [0.5, 0.6) is 5.88 Å². The summed E-state index contributed by atoms with van der Waals surface area (Å²) in [5.74, 6) is -1.86. The van der Waals surface area contributed by atoms with E-state index < -0.39 is 23.1 Å². The minimum absolute atomic E-state index is 0.141. The van der Waals surface area contributed by atoms with E-state index in [0.717, 1.165) is 30.7 Å². The van der Waals surface area contributed by atoms with E-state index in [9.17, 15) is 13.6 Å². The molecule has 1 aromatic heterocycles. The first-order chi connectivity index (χ1) is 12.1. The maximum Gasteiger partial charge on any atom is 0.257 e. The van der Waals surface area contributed by atoms with E-state index in [2.05, 4.69) is 15.2 Å². The summed E-state index contributed by atoms with van der Waals surface area (Å²) in [5.41, 5.74) is 0.508. The number of nitrogens with zero attached hydrogens (tertiary/aromatic N) is 2. The lowest BCUT2D eigenvalue weighted by Crippen LogP contribution is -2.37. The van der Waals surface area contributed by atoms with Crippen LogP contribution in [-0.4, -0.2) is 42.0 Å². The summed E-state index contributed by atoms with van der Waals surface area (Å²) in [6.45, 7) is 2.10. The summed E-state index contributed by atoms with van der Waals surface area (Å²) in [7, 11) is 1.56. The van der Waals surface area contributed by atoms with Crippen molar-refractivity contribution in [3.63, 3.8) is 0 Å². The van der Waals surface area contributed by atoms with Gasteiger partial charge in [0.2, 0.25) is 5.88 Å². The first-order valence-electron chi connectivity index (χ1n) is 8.03. The van der Waals surface area contributed by atoms with Gasteiger partial charge in [0.05, 0.1) is 7.11 Å². The fraction of sp³-hybridized carbons (Fsp3) is 0.333. The molecule has 1 aliphatic heterocycles. The molecule has 25 heavy (non-hydrogen) atoms. The van der Waals surface area contributed by atoms with E-state index in [1.807, 2.05) is 6.07 Å². The van der Waals surface area contributed by atoms with E-state index in [0.29, 0.717) is 19.0 Å². The Bertz CT molecular complexity index is 732. The molecule has 0 saturated carbocycles. The third kappa shape index (κ3) is 4.11. The van der Waals surface area contributed by atoms with Gasteiger partial charge in [-0.25, -0.2) is 13.8 Å². The number of halogens is 2. The monoisotopic (exact) mass is 347 g/mol. The van der Waals surface area contributed by atoms with Gasteiger partial charge in [-0.3, -0.25) is 9.69 Å². The second-order valence-corrected chi connectivity index (χ2v) is 6.00. The lowest BCUT2D eigenvalue weighted by Gasteiger charge is -2.17. The predicted molar refractivity (Wildman–Crippen MR) is 88.3 cm³/mol. The maximum atomic E-state index is 13.7. The van der Waals surface area contributed by atoms with Crippen molar-refractivity contribution in [2.75, 3.05) is 20.2 Å². The number of carbonyl (C=O) groups is 1. The second-order valence-electron chi connectivity index (χ2n) is 6.00. The Morgan fingerprint density at radius 2 is 2.08 bits per heavy atom. The summed E-state index contributed by atoms with van der Waals surface area (Å²) in [4.78, 5) is 18.5. The summed E-state index contributed by atoms with van der Waals surface area (Å²) in [5, 5.41) is 2.71. The zero-order valence-corrected chi connectivity index (χ0v) is 13.8. The summed E-state index contributed by atoms with van der Waals surface area (Å²) >= 11 is 0. The van der Waals surface area contributed by atoms with Crippen LogP contribution < -0.4 is 10.1 Å². The van der Waals surface area contributed by atoms with Gasteiger partial charge in [0.1, 0.15) is 17.2 Å². The van der Waals surface area contributed by atoms with E-state index in [1.165, 1.54) is 6.07 Å². The SMILES string of the molecule is COc1ccc(CN2CC[C@@H](NC(=O)c3c(F)cccc3F)C2)cn1. The van der Waals surface area contributed by atoms with Gasteiger partial charge in [-0.15, -0.1) is 0 Å². The maximum absolute atomic E-state index is 13.7. The molecule has 2 heterocycles. The molecule has 0 aliphatic carbocycles. The van der Waals surface area contributed by atoms with Gasteiger partial charge < -0.3 is 10.1 Å². The van der Waals surface area contributed by atoms with Crippen LogP contribution in [0.3, 0.4) is 0 Å². The van der Waals surface area contributed by atoms with Gasteiger partial charge in [0, 0.05) is 37.9 Å². The lowest BCUT2D eigenvalue weighted by atomic mass is 10.1. The number of hydrogen-bond acceptors (Lipinski definition) is 4. The number of carbonyl (C=O) groups excluding carboxylic acids is 1. The van der Waals surface area contributed by atoms with E-state index >= 15 is 0 Å². The van der Waals surface area contributed by atoms with Gasteiger partial charge in [-0.05, 0) is 24.1 Å². The third-order valence-corrected chi connectivity index (χ3v) is 4.21. The molecule has 1 amide bonds. The Morgan fingerprint density at radius 1 is 1.32 bits per heavy atom. The van der Waals surface area contributed by atoms with Crippen LogP contribution in [0, 0.1) is 11.6 Å². The molecule has 132 valence electrons. The van der Waals surface area contributed by atoms with Crippen molar-refractivity contribution >= 4 is 5.91 Å². The van der Waals surface area contributed by atoms with Gasteiger partial charge in [0.15, 0.2) is 0 Å². The number of benzene rings is 1. The van der Waals surface area contributed by atoms with Crippen molar-refractivity contribution < 1.29 is 18.3 Å². The largest absolute Gasteiger partial charge is 0.481 e. The Hall–Kier alpha value is -2.54. The second kappa shape index (κ2) is 7.57. The van der Waals surface area contributed by atoms with Crippen molar-refractivity contribution in [3.8, 4) is 5.88 Å². The number of hydrogen-bond donors (Lipinski definition) is 1. The lowest BCUT2D eigenvalue weighted by molar-refractivity contribution is 0.0929. The van der Waals surface area contributed by atoms with Crippen molar-refractivity contribution in [1.29, 1.82) is 0 Å². The quantitative estimate of drug-likeness (QED) is 0.902. The minimum Gasteiger partial charge on any atom is -0.481 e. The Morgan fingerprint density at radius 3 is 2.72 bits per heavy atom. The highest BCUT2D eigenvalue weighted by atomic mass is 19.1. The van der Waals surface area contributed by atoms with Crippen LogP contribution in [0.2, 0.25) is 0 Å². The molecule has 2 aromatic rings. The molecule has 5 nitrogen and oxygen atoms in total. The molecule has 0 bridgehead atoms. The average Bonchev–Trinajstić information content (AvgIpc) is 3.02. The van der Waals surface area contributed by atoms with Crippen LogP contribution in [0.4, 0.5) is 8.78 Å². The zero-order chi connectivity index (χ0) is 17.8. The molecule has 1 fully saturated rings. The summed E-state index contributed by atoms with van der Waals surface area (Å²) in [6.07, 6.45) is 2.48. The number of ether oxygens (including phenoxy) is 1. The third-order valence-electron chi connectivity index (χ3n) is 4.21. The van der Waals surface area contributed by atoms with Crippen LogP contribution in [-0.2, 0) is 6.54 Å². The number of pyridine rings is 1. The number of rotatable bonds is 5. The molecule has 0 unspecified atom stereocenters. The molecule has 0 radical (unpaired) electrons. The van der Waals surface area contributed by atoms with Crippen LogP contribution >= 0.6 is 0 Å². The van der Waals surface area contributed by atoms with Gasteiger partial charge in [-0.2, -0.15) is 0 Å². The van der Waals surface area contributed by atoms with Gasteiger partial charge in [-0.1, -0.05) is 12.1 Å². The highest BCUT2D eigenvalue weighted by Crippen LogP contribution is 2.17. The molecule has 1 saturated heterocycles. The average molecular weight is 347 g/mol. The van der Waals surface area contributed by atoms with E-state index in [-0.39, 0.29) is 6.04 Å². The topological polar surface area (TPSA) is 54.5 Å². The fourth-order valence-electron chi connectivity index (χ4n) is 2.95. The molecule has 3 rings (SSSR count). The first kappa shape index (κ1) is 17.3. The van der Waals surface area contributed by atoms with Crippen LogP contribution in [0.15, 0.2) is 36.5 Å². The Kier molecular flexibility index (Phi) is 5.23. The fourth-order valence-corrected chi connectivity index (χ4v) is 2.95. The van der Waals surface area contributed by atoms with Crippen molar-refractivity contribution in [2.45, 2.75) is 19.0 Å². The number of methoxy groups -OCH3 is 1. The number of amides is 1. The van der Waals surface area contributed by atoms with Gasteiger partial charge >= 0.3 is 0 Å². The highest BCUT2D eigenvalue weighted by Gasteiger charge is 2.26. The van der Waals surface area contributed by atoms with Crippen LogP contribution in [0.1, 0.15) is 22.3 Å². The molecule has 1 atom stereocenters. The molecule has 1 aliphatic rings. The first-order valence-corrected chi connectivity index (χ1v) is 8.03. The highest BCUT2D eigenvalue weighted by molar-refractivity contribution is 5.94. The summed E-state index contributed by atoms with van der Waals surface area (Å²) in [6, 6.07) is 6.99. The molecule has 1 aromatic carbocycles. The molecule has 7 heteroatoms. The summed E-state index contributed by atoms with van der Waals surface area (Å²) < 4.78 is 32.4.